The molecular formula is C16H29N5O2S. The molecule has 7 nitrogen and oxygen atoms in total. The van der Waals surface area contributed by atoms with Gasteiger partial charge in [-0.15, -0.1) is 0 Å². The Labute approximate surface area is 145 Å². The molecule has 0 bridgehead atoms. The van der Waals surface area contributed by atoms with E-state index in [2.05, 4.69) is 20.0 Å². The summed E-state index contributed by atoms with van der Waals surface area (Å²) in [6, 6.07) is 2.30. The lowest BCUT2D eigenvalue weighted by molar-refractivity contribution is 0.386. The van der Waals surface area contributed by atoms with E-state index in [0.29, 0.717) is 6.04 Å². The fraction of sp³-hybridized carbons (Fsp3) is 0.750. The molecule has 0 radical (unpaired) electrons. The lowest BCUT2D eigenvalue weighted by Gasteiger charge is -2.30. The van der Waals surface area contributed by atoms with Crippen molar-refractivity contribution < 1.29 is 8.42 Å². The van der Waals surface area contributed by atoms with Crippen molar-refractivity contribution in [3.05, 3.63) is 11.9 Å². The zero-order valence-corrected chi connectivity index (χ0v) is 16.0. The molecule has 8 heteroatoms. The van der Waals surface area contributed by atoms with Gasteiger partial charge in [-0.2, -0.15) is 0 Å². The summed E-state index contributed by atoms with van der Waals surface area (Å²) in [5.74, 6) is 2.45. The van der Waals surface area contributed by atoms with Crippen LogP contribution in [-0.4, -0.2) is 49.8 Å². The van der Waals surface area contributed by atoms with Crippen LogP contribution in [0.4, 0.5) is 11.6 Å². The van der Waals surface area contributed by atoms with Crippen LogP contribution in [-0.2, 0) is 10.0 Å². The highest BCUT2D eigenvalue weighted by molar-refractivity contribution is 7.90. The van der Waals surface area contributed by atoms with E-state index in [9.17, 15) is 8.42 Å². The normalized spacial score (nSPS) is 21.8. The number of nitrogens with zero attached hydrogens (tertiary/aromatic N) is 3. The Morgan fingerprint density at radius 2 is 1.71 bits per heavy atom. The maximum Gasteiger partial charge on any atom is 0.214 e. The van der Waals surface area contributed by atoms with E-state index >= 15 is 0 Å². The second kappa shape index (κ2) is 7.65. The summed E-state index contributed by atoms with van der Waals surface area (Å²) in [5, 5.41) is 3.08. The van der Waals surface area contributed by atoms with E-state index in [1.54, 1.807) is 13.8 Å². The van der Waals surface area contributed by atoms with Crippen LogP contribution in [0, 0.1) is 6.92 Å². The predicted octanol–water partition coefficient (Wildman–Crippen LogP) is 1.90. The zero-order valence-electron chi connectivity index (χ0n) is 15.2. The Bertz CT molecular complexity index is 652. The Morgan fingerprint density at radius 3 is 2.25 bits per heavy atom. The Morgan fingerprint density at radius 1 is 1.12 bits per heavy atom. The van der Waals surface area contributed by atoms with Gasteiger partial charge in [-0.1, -0.05) is 0 Å². The molecule has 0 atom stereocenters. The molecule has 0 saturated heterocycles. The minimum Gasteiger partial charge on any atom is -0.367 e. The summed E-state index contributed by atoms with van der Waals surface area (Å²) >= 11 is 0. The summed E-state index contributed by atoms with van der Waals surface area (Å²) in [4.78, 5) is 10.8. The quantitative estimate of drug-likeness (QED) is 0.810. The van der Waals surface area contributed by atoms with Gasteiger partial charge in [0.05, 0.1) is 5.25 Å². The van der Waals surface area contributed by atoms with Crippen LogP contribution in [0.3, 0.4) is 0 Å². The molecule has 1 fully saturated rings. The first kappa shape index (κ1) is 18.9. The van der Waals surface area contributed by atoms with Gasteiger partial charge in [0.1, 0.15) is 17.5 Å². The van der Waals surface area contributed by atoms with Gasteiger partial charge < -0.3 is 10.2 Å². The topological polar surface area (TPSA) is 87.2 Å². The lowest BCUT2D eigenvalue weighted by atomic mass is 9.92. The van der Waals surface area contributed by atoms with E-state index in [4.69, 9.17) is 0 Å². The van der Waals surface area contributed by atoms with E-state index in [-0.39, 0.29) is 11.3 Å². The Hall–Kier alpha value is -1.41. The van der Waals surface area contributed by atoms with Gasteiger partial charge in [-0.05, 0) is 46.5 Å². The largest absolute Gasteiger partial charge is 0.367 e. The number of aryl methyl sites for hydroxylation is 1. The molecule has 0 spiro atoms. The van der Waals surface area contributed by atoms with Crippen molar-refractivity contribution in [2.45, 2.75) is 63.8 Å². The molecule has 136 valence electrons. The number of aromatic nitrogens is 2. The fourth-order valence-electron chi connectivity index (χ4n) is 2.79. The third-order valence-corrected chi connectivity index (χ3v) is 6.22. The molecule has 1 aliphatic carbocycles. The van der Waals surface area contributed by atoms with Crippen LogP contribution in [0.5, 0.6) is 0 Å². The van der Waals surface area contributed by atoms with E-state index in [1.165, 1.54) is 0 Å². The van der Waals surface area contributed by atoms with E-state index < -0.39 is 10.0 Å². The number of hydrogen-bond donors (Lipinski definition) is 2. The summed E-state index contributed by atoms with van der Waals surface area (Å²) in [6.07, 6.45) is 3.53. The van der Waals surface area contributed by atoms with Gasteiger partial charge in [0, 0.05) is 32.2 Å². The molecule has 0 amide bonds. The molecule has 24 heavy (non-hydrogen) atoms. The highest BCUT2D eigenvalue weighted by Crippen LogP contribution is 2.23. The first-order chi connectivity index (χ1) is 11.2. The van der Waals surface area contributed by atoms with E-state index in [0.717, 1.165) is 43.1 Å². The third-order valence-electron chi connectivity index (χ3n) is 4.31. The van der Waals surface area contributed by atoms with Crippen molar-refractivity contribution in [3.63, 3.8) is 0 Å². The molecule has 1 heterocycles. The Kier molecular flexibility index (Phi) is 6.03. The van der Waals surface area contributed by atoms with Crippen LogP contribution in [0.25, 0.3) is 0 Å². The minimum atomic E-state index is -3.19. The van der Waals surface area contributed by atoms with Crippen molar-refractivity contribution in [2.75, 3.05) is 24.3 Å². The van der Waals surface area contributed by atoms with Gasteiger partial charge in [0.2, 0.25) is 10.0 Å². The van der Waals surface area contributed by atoms with Gasteiger partial charge in [0.25, 0.3) is 0 Å². The fourth-order valence-corrected chi connectivity index (χ4v) is 3.76. The second-order valence-electron chi connectivity index (χ2n) is 6.96. The zero-order chi connectivity index (χ0) is 17.9. The molecular weight excluding hydrogens is 326 g/mol. The third kappa shape index (κ3) is 5.04. The van der Waals surface area contributed by atoms with Crippen molar-refractivity contribution in [3.8, 4) is 0 Å². The number of anilines is 2. The van der Waals surface area contributed by atoms with Crippen LogP contribution in [0.15, 0.2) is 6.07 Å². The maximum absolute atomic E-state index is 12.0. The molecule has 2 N–H and O–H groups in total. The summed E-state index contributed by atoms with van der Waals surface area (Å²) in [5.41, 5.74) is 0. The molecule has 0 aromatic carbocycles. The number of hydrogen-bond acceptors (Lipinski definition) is 6. The van der Waals surface area contributed by atoms with Crippen LogP contribution < -0.4 is 14.9 Å². The smallest absolute Gasteiger partial charge is 0.214 e. The highest BCUT2D eigenvalue weighted by Gasteiger charge is 2.26. The lowest BCUT2D eigenvalue weighted by Crippen LogP contribution is -2.42. The van der Waals surface area contributed by atoms with Crippen LogP contribution in [0.2, 0.25) is 0 Å². The van der Waals surface area contributed by atoms with Gasteiger partial charge in [-0.25, -0.2) is 23.1 Å². The molecule has 1 aromatic heterocycles. The summed E-state index contributed by atoms with van der Waals surface area (Å²) in [6.45, 7) is 5.29. The van der Waals surface area contributed by atoms with Crippen molar-refractivity contribution in [2.24, 2.45) is 0 Å². The highest BCUT2D eigenvalue weighted by atomic mass is 32.2. The first-order valence-corrected chi connectivity index (χ1v) is 10.0. The minimum absolute atomic E-state index is 0.0416. The molecule has 1 aliphatic rings. The van der Waals surface area contributed by atoms with Crippen LogP contribution >= 0.6 is 0 Å². The van der Waals surface area contributed by atoms with Gasteiger partial charge in [0.15, 0.2) is 0 Å². The van der Waals surface area contributed by atoms with Crippen molar-refractivity contribution >= 4 is 21.7 Å². The van der Waals surface area contributed by atoms with E-state index in [1.807, 2.05) is 32.0 Å². The standard InChI is InChI=1S/C16H29N5O2S/c1-11(2)24(22,23)20-14-8-6-13(7-9-14)19-15-10-16(21(4)5)18-12(3)17-15/h10-11,13-14,20H,6-9H2,1-5H3,(H,17,18,19). The first-order valence-electron chi connectivity index (χ1n) is 8.48. The average Bonchev–Trinajstić information content (AvgIpc) is 2.48. The molecule has 0 unspecified atom stereocenters. The number of nitrogens with one attached hydrogen (secondary N) is 2. The molecule has 0 aliphatic heterocycles. The van der Waals surface area contributed by atoms with Gasteiger partial charge >= 0.3 is 0 Å². The number of rotatable bonds is 6. The van der Waals surface area contributed by atoms with Gasteiger partial charge in [-0.3, -0.25) is 0 Å². The monoisotopic (exact) mass is 355 g/mol. The van der Waals surface area contributed by atoms with Crippen molar-refractivity contribution in [1.82, 2.24) is 14.7 Å². The molecule has 1 saturated carbocycles. The summed E-state index contributed by atoms with van der Waals surface area (Å²) in [7, 11) is 0.720. The van der Waals surface area contributed by atoms with Crippen LogP contribution in [0.1, 0.15) is 45.4 Å². The SMILES string of the molecule is Cc1nc(NC2CCC(NS(=O)(=O)C(C)C)CC2)cc(N(C)C)n1. The van der Waals surface area contributed by atoms with Crippen molar-refractivity contribution in [1.29, 1.82) is 0 Å². The predicted molar refractivity (Wildman–Crippen MR) is 98.0 cm³/mol. The summed E-state index contributed by atoms with van der Waals surface area (Å²) < 4.78 is 26.7. The molecule has 1 aromatic rings. The molecule has 2 rings (SSSR count). The maximum atomic E-state index is 12.0. The number of sulfonamides is 1. The Balaban J connectivity index is 1.92. The second-order valence-corrected chi connectivity index (χ2v) is 9.23. The average molecular weight is 356 g/mol.